The number of hydrogen-bond acceptors (Lipinski definition) is 11. The molecule has 1 fully saturated rings. The van der Waals surface area contributed by atoms with E-state index in [0.29, 0.717) is 17.1 Å². The molecular weight excluding hydrogens is 743 g/mol. The van der Waals surface area contributed by atoms with Crippen LogP contribution in [0, 0.1) is 0 Å². The molecule has 1 aliphatic rings. The molecule has 12 nitrogen and oxygen atoms in total. The zero-order valence-electron chi connectivity index (χ0n) is 33.4. The Kier molecular flexibility index (Phi) is 13.6. The highest BCUT2D eigenvalue weighted by atomic mass is 31.2. The number of nitrogens with zero attached hydrogens (tertiary/aromatic N) is 3. The van der Waals surface area contributed by atoms with Crippen LogP contribution in [-0.4, -0.2) is 71.7 Å². The van der Waals surface area contributed by atoms with Crippen LogP contribution in [0.25, 0.3) is 0 Å². The van der Waals surface area contributed by atoms with Gasteiger partial charge in [0.05, 0.1) is 20.3 Å². The Morgan fingerprint density at radius 1 is 0.807 bits per heavy atom. The van der Waals surface area contributed by atoms with Gasteiger partial charge in [0.25, 0.3) is 8.53 Å². The van der Waals surface area contributed by atoms with E-state index in [1.807, 2.05) is 84.9 Å². The second kappa shape index (κ2) is 18.5. The number of Topliss-reactive ketones (excluding diaryl/α,β-unsaturated/α-hetero) is 1. The van der Waals surface area contributed by atoms with Crippen LogP contribution >= 0.6 is 8.53 Å². The van der Waals surface area contributed by atoms with Crippen molar-refractivity contribution in [1.82, 2.24) is 14.2 Å². The normalized spacial score (nSPS) is 18.2. The van der Waals surface area contributed by atoms with Gasteiger partial charge in [0.15, 0.2) is 11.9 Å². The fraction of sp³-hybridized carbons (Fsp3) is 0.341. The Balaban J connectivity index is 1.59. The number of nitrogen functional groups attached to an aromatic ring is 1. The van der Waals surface area contributed by atoms with E-state index < -0.39 is 44.4 Å². The van der Waals surface area contributed by atoms with E-state index in [0.717, 1.165) is 16.7 Å². The average molecular weight is 795 g/mol. The lowest BCUT2D eigenvalue weighted by Gasteiger charge is -2.41. The minimum Gasteiger partial charge on any atom is -0.497 e. The van der Waals surface area contributed by atoms with Crippen molar-refractivity contribution < 1.29 is 32.8 Å². The maximum Gasteiger partial charge on any atom is 0.351 e. The van der Waals surface area contributed by atoms with E-state index in [1.54, 1.807) is 51.8 Å². The van der Waals surface area contributed by atoms with Crippen molar-refractivity contribution >= 4 is 20.1 Å². The van der Waals surface area contributed by atoms with Crippen LogP contribution in [0.15, 0.2) is 126 Å². The first-order valence-corrected chi connectivity index (χ1v) is 20.0. The summed E-state index contributed by atoms with van der Waals surface area (Å²) in [6.45, 7) is 8.30. The van der Waals surface area contributed by atoms with Crippen molar-refractivity contribution in [2.75, 3.05) is 27.1 Å². The second-order valence-electron chi connectivity index (χ2n) is 14.2. The van der Waals surface area contributed by atoms with E-state index in [9.17, 15) is 4.79 Å². The van der Waals surface area contributed by atoms with Crippen molar-refractivity contribution in [2.24, 2.45) is 0 Å². The summed E-state index contributed by atoms with van der Waals surface area (Å²) in [6.07, 6.45) is -2.35. The maximum absolute atomic E-state index is 15.3. The fourth-order valence-electron chi connectivity index (χ4n) is 7.39. The van der Waals surface area contributed by atoms with Gasteiger partial charge in [-0.3, -0.25) is 9.36 Å². The number of carbonyl (C=O) groups excluding carboxylic acids is 1. The number of ketones is 1. The van der Waals surface area contributed by atoms with Gasteiger partial charge in [-0.25, -0.2) is 9.46 Å². The highest BCUT2D eigenvalue weighted by Gasteiger charge is 2.52. The number of aromatic nitrogens is 2. The molecular formula is C44H51N4O8P. The number of benzene rings is 4. The van der Waals surface area contributed by atoms with Crippen molar-refractivity contribution in [1.29, 1.82) is 0 Å². The predicted octanol–water partition coefficient (Wildman–Crippen LogP) is 7.77. The van der Waals surface area contributed by atoms with E-state index in [4.69, 9.17) is 33.7 Å². The molecule has 5 atom stereocenters. The Bertz CT molecular complexity index is 2060. The second-order valence-corrected chi connectivity index (χ2v) is 15.8. The van der Waals surface area contributed by atoms with Gasteiger partial charge >= 0.3 is 5.69 Å². The molecule has 0 radical (unpaired) electrons. The Morgan fingerprint density at radius 2 is 1.33 bits per heavy atom. The molecule has 4 aromatic carbocycles. The minimum atomic E-state index is -1.68. The summed E-state index contributed by atoms with van der Waals surface area (Å²) in [6, 6.07) is 35.5. The van der Waals surface area contributed by atoms with Crippen molar-refractivity contribution in [3.8, 4) is 11.5 Å². The molecule has 0 saturated carbocycles. The van der Waals surface area contributed by atoms with E-state index in [-0.39, 0.29) is 30.1 Å². The van der Waals surface area contributed by atoms with Crippen LogP contribution in [0.2, 0.25) is 0 Å². The van der Waals surface area contributed by atoms with E-state index in [1.165, 1.54) is 10.6 Å². The first-order chi connectivity index (χ1) is 27.5. The lowest BCUT2D eigenvalue weighted by atomic mass is 9.79. The molecule has 57 heavy (non-hydrogen) atoms. The van der Waals surface area contributed by atoms with Gasteiger partial charge in [0, 0.05) is 37.4 Å². The lowest BCUT2D eigenvalue weighted by molar-refractivity contribution is -0.125. The van der Waals surface area contributed by atoms with E-state index >= 15 is 4.79 Å². The summed E-state index contributed by atoms with van der Waals surface area (Å²) in [7, 11) is 3.15. The average Bonchev–Trinajstić information content (AvgIpc) is 3.64. The molecule has 2 heterocycles. The highest BCUT2D eigenvalue weighted by molar-refractivity contribution is 7.44. The molecule has 5 aromatic rings. The first-order valence-electron chi connectivity index (χ1n) is 18.9. The summed E-state index contributed by atoms with van der Waals surface area (Å²) in [5.74, 6) is 1.04. The number of methoxy groups -OCH3 is 2. The van der Waals surface area contributed by atoms with Gasteiger partial charge in [-0.05, 0) is 74.7 Å². The van der Waals surface area contributed by atoms with Gasteiger partial charge in [-0.1, -0.05) is 84.9 Å². The standard InChI is InChI=1S/C44H51N4O8P/c1-29(2)48(30(3)4)57(53-7)56-37-28-39(47-27-26-38(45)46-43(47)50)54-41(37)42(40(49)31-14-10-8-11-15-31)55-44(32-16-12-9-13-17-32,33-18-22-35(51-5)23-19-33)34-20-24-36(52-6)25-21-34/h8-27,29-30,37,39,41-42H,28H2,1-7H3,(H2,45,46,50)/t37-,39+,41-,42?,57?/m0/s1. The third kappa shape index (κ3) is 8.97. The zero-order chi connectivity index (χ0) is 40.7. The quantitative estimate of drug-likeness (QED) is 0.0562. The van der Waals surface area contributed by atoms with Crippen LogP contribution in [0.5, 0.6) is 11.5 Å². The van der Waals surface area contributed by atoms with Gasteiger partial charge < -0.3 is 33.7 Å². The van der Waals surface area contributed by atoms with Crippen LogP contribution in [0.4, 0.5) is 5.82 Å². The summed E-state index contributed by atoms with van der Waals surface area (Å²) in [5, 5.41) is 0. The Hall–Kier alpha value is -4.94. The molecule has 0 spiro atoms. The fourth-order valence-corrected chi connectivity index (χ4v) is 8.96. The van der Waals surface area contributed by atoms with E-state index in [2.05, 4.69) is 37.3 Å². The van der Waals surface area contributed by atoms with Crippen molar-refractivity contribution in [3.05, 3.63) is 154 Å². The molecule has 1 aromatic heterocycles. The first kappa shape index (κ1) is 41.7. The SMILES string of the molecule is COc1ccc(C(OC(C(=O)c2ccccc2)[C@H]2O[C@@H](n3ccc(N)nc3=O)C[C@@H]2OP(OC)N(C(C)C)C(C)C)(c2ccccc2)c2ccc(OC)cc2)cc1. The molecule has 0 aliphatic carbocycles. The summed E-state index contributed by atoms with van der Waals surface area (Å²) in [5.41, 5.74) is 6.49. The van der Waals surface area contributed by atoms with Gasteiger partial charge in [0.2, 0.25) is 0 Å². The largest absolute Gasteiger partial charge is 0.497 e. The number of nitrogens with two attached hydrogens (primary N) is 1. The Morgan fingerprint density at radius 3 is 1.82 bits per heavy atom. The molecule has 300 valence electrons. The predicted molar refractivity (Wildman–Crippen MR) is 220 cm³/mol. The Labute approximate surface area is 335 Å². The van der Waals surface area contributed by atoms with Crippen LogP contribution in [0.1, 0.15) is 67.4 Å². The number of ether oxygens (including phenoxy) is 4. The topological polar surface area (TPSA) is 137 Å². The minimum absolute atomic E-state index is 0.0606. The molecule has 13 heteroatoms. The van der Waals surface area contributed by atoms with Crippen LogP contribution in [0.3, 0.4) is 0 Å². The monoisotopic (exact) mass is 794 g/mol. The number of anilines is 1. The third-order valence-corrected chi connectivity index (χ3v) is 12.1. The molecule has 1 saturated heterocycles. The smallest absolute Gasteiger partial charge is 0.351 e. The molecule has 0 amide bonds. The number of hydrogen-bond donors (Lipinski definition) is 1. The summed E-state index contributed by atoms with van der Waals surface area (Å²) < 4.78 is 42.1. The van der Waals surface area contributed by atoms with Crippen molar-refractivity contribution in [2.45, 2.75) is 76.3 Å². The van der Waals surface area contributed by atoms with Gasteiger partial charge in [0.1, 0.15) is 35.2 Å². The molecule has 2 N–H and O–H groups in total. The highest BCUT2D eigenvalue weighted by Crippen LogP contribution is 2.51. The van der Waals surface area contributed by atoms with Crippen molar-refractivity contribution in [3.63, 3.8) is 0 Å². The zero-order valence-corrected chi connectivity index (χ0v) is 34.2. The summed E-state index contributed by atoms with van der Waals surface area (Å²) >= 11 is 0. The maximum atomic E-state index is 15.3. The molecule has 0 bridgehead atoms. The molecule has 1 aliphatic heterocycles. The van der Waals surface area contributed by atoms with Gasteiger partial charge in [-0.2, -0.15) is 4.98 Å². The lowest BCUT2D eigenvalue weighted by Crippen LogP contribution is -2.49. The van der Waals surface area contributed by atoms with Crippen LogP contribution < -0.4 is 20.9 Å². The number of rotatable bonds is 17. The summed E-state index contributed by atoms with van der Waals surface area (Å²) in [4.78, 5) is 32.6. The third-order valence-electron chi connectivity index (χ3n) is 10.00. The number of carbonyl (C=O) groups is 1. The molecule has 2 unspecified atom stereocenters. The van der Waals surface area contributed by atoms with Gasteiger partial charge in [-0.15, -0.1) is 0 Å². The molecule has 6 rings (SSSR count). The van der Waals surface area contributed by atoms with Crippen LogP contribution in [-0.2, 0) is 24.1 Å².